The van der Waals surface area contributed by atoms with Gasteiger partial charge in [0.05, 0.1) is 6.54 Å². The van der Waals surface area contributed by atoms with Crippen LogP contribution < -0.4 is 10.1 Å². The van der Waals surface area contributed by atoms with E-state index in [9.17, 15) is 18.0 Å². The number of amides is 1. The van der Waals surface area contributed by atoms with Crippen LogP contribution in [0.15, 0.2) is 60.7 Å². The summed E-state index contributed by atoms with van der Waals surface area (Å²) in [5, 5.41) is 6.91. The first-order valence-electron chi connectivity index (χ1n) is 8.72. The maximum Gasteiger partial charge on any atom is 0.387 e. The third-order valence-corrected chi connectivity index (χ3v) is 4.04. The van der Waals surface area contributed by atoms with E-state index >= 15 is 0 Å². The van der Waals surface area contributed by atoms with E-state index in [1.165, 1.54) is 30.4 Å². The lowest BCUT2D eigenvalue weighted by atomic mass is 10.2. The molecule has 5 nitrogen and oxygen atoms in total. The van der Waals surface area contributed by atoms with Gasteiger partial charge in [0.2, 0.25) is 5.91 Å². The summed E-state index contributed by atoms with van der Waals surface area (Å²) in [5.74, 6) is -0.346. The molecule has 1 aromatic heterocycles. The fourth-order valence-electron chi connectivity index (χ4n) is 2.62. The topological polar surface area (TPSA) is 56.1 Å². The monoisotopic (exact) mass is 401 g/mol. The first kappa shape index (κ1) is 20.2. The summed E-state index contributed by atoms with van der Waals surface area (Å²) in [6.07, 6.45) is 2.83. The average molecular weight is 401 g/mol. The Morgan fingerprint density at radius 1 is 1.21 bits per heavy atom. The molecule has 0 saturated carbocycles. The minimum absolute atomic E-state index is 0.0393. The number of ether oxygens (including phenoxy) is 1. The quantitative estimate of drug-likeness (QED) is 0.587. The molecule has 3 rings (SSSR count). The lowest BCUT2D eigenvalue weighted by molar-refractivity contribution is -0.111. The van der Waals surface area contributed by atoms with Gasteiger partial charge in [-0.25, -0.2) is 4.39 Å². The molecule has 0 fully saturated rings. The maximum atomic E-state index is 13.8. The maximum absolute atomic E-state index is 13.8. The number of carbonyl (C=O) groups is 1. The zero-order valence-electron chi connectivity index (χ0n) is 15.5. The van der Waals surface area contributed by atoms with Gasteiger partial charge in [-0.05, 0) is 36.8 Å². The van der Waals surface area contributed by atoms with Crippen molar-refractivity contribution in [3.63, 3.8) is 0 Å². The SMILES string of the molecule is Cc1cc(NC(=O)/C=C\c2ccc(OC(F)F)cc2)nn1Cc1ccccc1F. The van der Waals surface area contributed by atoms with E-state index in [2.05, 4.69) is 15.2 Å². The Balaban J connectivity index is 1.61. The molecule has 8 heteroatoms. The second kappa shape index (κ2) is 9.09. The van der Waals surface area contributed by atoms with Crippen molar-refractivity contribution in [3.8, 4) is 5.75 Å². The van der Waals surface area contributed by atoms with Crippen molar-refractivity contribution < 1.29 is 22.7 Å². The minimum atomic E-state index is -2.89. The van der Waals surface area contributed by atoms with Gasteiger partial charge in [0.25, 0.3) is 0 Å². The minimum Gasteiger partial charge on any atom is -0.435 e. The highest BCUT2D eigenvalue weighted by molar-refractivity contribution is 6.01. The summed E-state index contributed by atoms with van der Waals surface area (Å²) in [6, 6.07) is 14.0. The Kier molecular flexibility index (Phi) is 6.33. The molecule has 0 unspecified atom stereocenters. The lowest BCUT2D eigenvalue weighted by Crippen LogP contribution is -2.10. The number of carbonyl (C=O) groups excluding carboxylic acids is 1. The number of aryl methyl sites for hydroxylation is 1. The van der Waals surface area contributed by atoms with Crippen molar-refractivity contribution in [2.45, 2.75) is 20.1 Å². The van der Waals surface area contributed by atoms with Gasteiger partial charge in [0.15, 0.2) is 5.82 Å². The van der Waals surface area contributed by atoms with Gasteiger partial charge in [-0.3, -0.25) is 9.48 Å². The van der Waals surface area contributed by atoms with Crippen molar-refractivity contribution in [1.82, 2.24) is 9.78 Å². The molecule has 150 valence electrons. The molecule has 0 aliphatic rings. The molecule has 29 heavy (non-hydrogen) atoms. The van der Waals surface area contributed by atoms with E-state index in [1.807, 2.05) is 6.92 Å². The van der Waals surface area contributed by atoms with Gasteiger partial charge in [-0.15, -0.1) is 0 Å². The number of anilines is 1. The smallest absolute Gasteiger partial charge is 0.387 e. The van der Waals surface area contributed by atoms with Crippen molar-refractivity contribution in [1.29, 1.82) is 0 Å². The fourth-order valence-corrected chi connectivity index (χ4v) is 2.62. The van der Waals surface area contributed by atoms with Crippen molar-refractivity contribution in [2.75, 3.05) is 5.32 Å². The van der Waals surface area contributed by atoms with Crippen LogP contribution in [0.3, 0.4) is 0 Å². The summed E-state index contributed by atoms with van der Waals surface area (Å²) in [6.45, 7) is -0.830. The van der Waals surface area contributed by atoms with Gasteiger partial charge in [-0.1, -0.05) is 30.3 Å². The van der Waals surface area contributed by atoms with Crippen LogP contribution >= 0.6 is 0 Å². The molecule has 1 heterocycles. The number of halogens is 3. The Morgan fingerprint density at radius 2 is 1.93 bits per heavy atom. The van der Waals surface area contributed by atoms with Crippen LogP contribution in [0.5, 0.6) is 5.75 Å². The number of benzene rings is 2. The molecule has 0 saturated heterocycles. The molecule has 2 aromatic carbocycles. The van der Waals surface area contributed by atoms with E-state index in [0.29, 0.717) is 16.9 Å². The molecular weight excluding hydrogens is 383 g/mol. The van der Waals surface area contributed by atoms with Gasteiger partial charge in [0, 0.05) is 23.4 Å². The Labute approximate surface area is 165 Å². The molecule has 0 atom stereocenters. The summed E-state index contributed by atoms with van der Waals surface area (Å²) < 4.78 is 43.9. The van der Waals surface area contributed by atoms with Crippen LogP contribution in [-0.4, -0.2) is 22.3 Å². The number of hydrogen-bond donors (Lipinski definition) is 1. The predicted molar refractivity (Wildman–Crippen MR) is 103 cm³/mol. The van der Waals surface area contributed by atoms with E-state index < -0.39 is 12.5 Å². The van der Waals surface area contributed by atoms with E-state index in [4.69, 9.17) is 0 Å². The van der Waals surface area contributed by atoms with E-state index in [-0.39, 0.29) is 18.1 Å². The predicted octanol–water partition coefficient (Wildman–Crippen LogP) is 4.63. The molecule has 0 aliphatic heterocycles. The van der Waals surface area contributed by atoms with Gasteiger partial charge >= 0.3 is 6.61 Å². The fraction of sp³-hybridized carbons (Fsp3) is 0.143. The number of rotatable bonds is 7. The number of nitrogens with one attached hydrogen (secondary N) is 1. The summed E-state index contributed by atoms with van der Waals surface area (Å²) in [5.41, 5.74) is 1.90. The highest BCUT2D eigenvalue weighted by atomic mass is 19.3. The van der Waals surface area contributed by atoms with Crippen LogP contribution in [-0.2, 0) is 11.3 Å². The summed E-state index contributed by atoms with van der Waals surface area (Å²) in [7, 11) is 0. The first-order valence-corrected chi connectivity index (χ1v) is 8.72. The van der Waals surface area contributed by atoms with Gasteiger partial charge < -0.3 is 10.1 Å². The molecule has 0 radical (unpaired) electrons. The second-order valence-corrected chi connectivity index (χ2v) is 6.19. The number of nitrogens with zero attached hydrogens (tertiary/aromatic N) is 2. The molecule has 0 aliphatic carbocycles. The third kappa shape index (κ3) is 5.71. The highest BCUT2D eigenvalue weighted by Gasteiger charge is 2.09. The molecule has 0 spiro atoms. The number of hydrogen-bond acceptors (Lipinski definition) is 3. The summed E-state index contributed by atoms with van der Waals surface area (Å²) >= 11 is 0. The molecule has 3 aromatic rings. The first-order chi connectivity index (χ1) is 13.9. The van der Waals surface area contributed by atoms with Crippen LogP contribution in [0.1, 0.15) is 16.8 Å². The molecule has 1 amide bonds. The van der Waals surface area contributed by atoms with Crippen molar-refractivity contribution in [2.24, 2.45) is 0 Å². The van der Waals surface area contributed by atoms with Gasteiger partial charge in [-0.2, -0.15) is 13.9 Å². The van der Waals surface area contributed by atoms with Crippen LogP contribution in [0.4, 0.5) is 19.0 Å². The number of alkyl halides is 2. The Bertz CT molecular complexity index is 1010. The standard InChI is InChI=1S/C21H18F3N3O2/c1-14-12-19(26-27(14)13-16-4-2-3-5-18(16)22)25-20(28)11-8-15-6-9-17(10-7-15)29-21(23)24/h2-12,21H,13H2,1H3,(H,25,26,28)/b11-8-. The Morgan fingerprint density at radius 3 is 2.62 bits per heavy atom. The Hall–Kier alpha value is -3.55. The zero-order valence-corrected chi connectivity index (χ0v) is 15.5. The molecule has 1 N–H and O–H groups in total. The zero-order chi connectivity index (χ0) is 20.8. The van der Waals surface area contributed by atoms with Crippen molar-refractivity contribution >= 4 is 17.8 Å². The largest absolute Gasteiger partial charge is 0.435 e. The van der Waals surface area contributed by atoms with E-state index in [0.717, 1.165) is 5.69 Å². The second-order valence-electron chi connectivity index (χ2n) is 6.19. The normalized spacial score (nSPS) is 11.2. The molecular formula is C21H18F3N3O2. The number of aromatic nitrogens is 2. The van der Waals surface area contributed by atoms with Crippen molar-refractivity contribution in [3.05, 3.63) is 83.3 Å². The average Bonchev–Trinajstić information content (AvgIpc) is 3.01. The molecule has 0 bridgehead atoms. The van der Waals surface area contributed by atoms with Crippen LogP contribution in [0.25, 0.3) is 6.08 Å². The van der Waals surface area contributed by atoms with E-state index in [1.54, 1.807) is 41.1 Å². The van der Waals surface area contributed by atoms with Crippen LogP contribution in [0.2, 0.25) is 0 Å². The van der Waals surface area contributed by atoms with Crippen LogP contribution in [0, 0.1) is 12.7 Å². The highest BCUT2D eigenvalue weighted by Crippen LogP contribution is 2.16. The lowest BCUT2D eigenvalue weighted by Gasteiger charge is -2.05. The van der Waals surface area contributed by atoms with Gasteiger partial charge in [0.1, 0.15) is 11.6 Å². The summed E-state index contributed by atoms with van der Waals surface area (Å²) in [4.78, 5) is 12.1. The third-order valence-electron chi connectivity index (χ3n) is 4.04.